The number of hydrogen-bond acceptors (Lipinski definition) is 2. The fourth-order valence-electron chi connectivity index (χ4n) is 2.39. The van der Waals surface area contributed by atoms with E-state index in [0.29, 0.717) is 12.0 Å². The summed E-state index contributed by atoms with van der Waals surface area (Å²) in [7, 11) is 3.78. The van der Waals surface area contributed by atoms with Gasteiger partial charge in [-0.2, -0.15) is 0 Å². The molecule has 0 spiro atoms. The minimum absolute atomic E-state index is 0.494. The summed E-state index contributed by atoms with van der Waals surface area (Å²) in [6.45, 7) is 4.55. The number of nitrogens with one attached hydrogen (secondary N) is 1. The Bertz CT molecular complexity index is 368. The van der Waals surface area contributed by atoms with Crippen LogP contribution in [0.25, 0.3) is 0 Å². The molecule has 2 unspecified atom stereocenters. The number of methoxy groups -OCH3 is 1. The van der Waals surface area contributed by atoms with Crippen molar-refractivity contribution in [3.63, 3.8) is 0 Å². The Morgan fingerprint density at radius 3 is 2.67 bits per heavy atom. The van der Waals surface area contributed by atoms with E-state index in [4.69, 9.17) is 4.74 Å². The Hall–Kier alpha value is -0.540. The lowest BCUT2D eigenvalue weighted by Gasteiger charge is -2.24. The number of benzene rings is 1. The SMILES string of the molecule is CCCC(C)C(Cc1cc(Br)ccc1OC)NC. The van der Waals surface area contributed by atoms with Crippen LogP contribution in [-0.4, -0.2) is 20.2 Å². The average molecular weight is 314 g/mol. The van der Waals surface area contributed by atoms with Crippen molar-refractivity contribution in [1.82, 2.24) is 5.32 Å². The third-order valence-corrected chi connectivity index (χ3v) is 3.98. The summed E-state index contributed by atoms with van der Waals surface area (Å²) in [5, 5.41) is 3.44. The minimum atomic E-state index is 0.494. The van der Waals surface area contributed by atoms with Crippen molar-refractivity contribution in [2.24, 2.45) is 5.92 Å². The number of hydrogen-bond donors (Lipinski definition) is 1. The molecule has 0 aliphatic carbocycles. The maximum Gasteiger partial charge on any atom is 0.122 e. The maximum atomic E-state index is 5.44. The summed E-state index contributed by atoms with van der Waals surface area (Å²) in [6, 6.07) is 6.69. The molecule has 1 rings (SSSR count). The van der Waals surface area contributed by atoms with Gasteiger partial charge in [0.05, 0.1) is 7.11 Å². The van der Waals surface area contributed by atoms with Gasteiger partial charge in [-0.25, -0.2) is 0 Å². The van der Waals surface area contributed by atoms with Crippen LogP contribution in [0.2, 0.25) is 0 Å². The fourth-order valence-corrected chi connectivity index (χ4v) is 2.80. The van der Waals surface area contributed by atoms with Gasteiger partial charge in [0.2, 0.25) is 0 Å². The lowest BCUT2D eigenvalue weighted by Crippen LogP contribution is -2.34. The third kappa shape index (κ3) is 4.29. The van der Waals surface area contributed by atoms with Crippen LogP contribution < -0.4 is 10.1 Å². The van der Waals surface area contributed by atoms with Crippen molar-refractivity contribution in [3.05, 3.63) is 28.2 Å². The lowest BCUT2D eigenvalue weighted by atomic mass is 9.91. The predicted octanol–water partition coefficient (Wildman–Crippen LogP) is 4.02. The van der Waals surface area contributed by atoms with E-state index < -0.39 is 0 Å². The quantitative estimate of drug-likeness (QED) is 0.820. The van der Waals surface area contributed by atoms with Gasteiger partial charge in [-0.1, -0.05) is 36.2 Å². The Morgan fingerprint density at radius 1 is 1.39 bits per heavy atom. The zero-order valence-corrected chi connectivity index (χ0v) is 13.4. The molecule has 0 saturated carbocycles. The van der Waals surface area contributed by atoms with E-state index in [1.54, 1.807) is 7.11 Å². The molecule has 0 fully saturated rings. The van der Waals surface area contributed by atoms with Gasteiger partial charge in [0.15, 0.2) is 0 Å². The molecule has 102 valence electrons. The van der Waals surface area contributed by atoms with Gasteiger partial charge in [0.25, 0.3) is 0 Å². The van der Waals surface area contributed by atoms with Crippen LogP contribution in [-0.2, 0) is 6.42 Å². The Labute approximate surface area is 119 Å². The van der Waals surface area contributed by atoms with Gasteiger partial charge < -0.3 is 10.1 Å². The molecule has 0 saturated heterocycles. The first kappa shape index (κ1) is 15.5. The summed E-state index contributed by atoms with van der Waals surface area (Å²) < 4.78 is 6.54. The molecule has 18 heavy (non-hydrogen) atoms. The van der Waals surface area contributed by atoms with Gasteiger partial charge in [0.1, 0.15) is 5.75 Å². The monoisotopic (exact) mass is 313 g/mol. The standard InChI is InChI=1S/C15H24BrNO/c1-5-6-11(2)14(17-3)10-12-9-13(16)7-8-15(12)18-4/h7-9,11,14,17H,5-6,10H2,1-4H3. The normalized spacial score (nSPS) is 14.3. The van der Waals surface area contributed by atoms with E-state index in [0.717, 1.165) is 16.6 Å². The summed E-state index contributed by atoms with van der Waals surface area (Å²) in [4.78, 5) is 0. The zero-order chi connectivity index (χ0) is 13.5. The Balaban J connectivity index is 2.83. The highest BCUT2D eigenvalue weighted by Gasteiger charge is 2.17. The molecular weight excluding hydrogens is 290 g/mol. The zero-order valence-electron chi connectivity index (χ0n) is 11.8. The predicted molar refractivity (Wildman–Crippen MR) is 81.3 cm³/mol. The number of ether oxygens (including phenoxy) is 1. The topological polar surface area (TPSA) is 21.3 Å². The van der Waals surface area contributed by atoms with E-state index in [9.17, 15) is 0 Å². The van der Waals surface area contributed by atoms with Gasteiger partial charge in [-0.15, -0.1) is 0 Å². The summed E-state index contributed by atoms with van der Waals surface area (Å²) >= 11 is 3.53. The van der Waals surface area contributed by atoms with Gasteiger partial charge in [-0.3, -0.25) is 0 Å². The van der Waals surface area contributed by atoms with Crippen molar-refractivity contribution in [2.75, 3.05) is 14.2 Å². The van der Waals surface area contributed by atoms with Crippen LogP contribution in [0.15, 0.2) is 22.7 Å². The third-order valence-electron chi connectivity index (χ3n) is 3.48. The van der Waals surface area contributed by atoms with Crippen LogP contribution >= 0.6 is 15.9 Å². The molecule has 0 amide bonds. The molecule has 0 aliphatic heterocycles. The molecular formula is C15H24BrNO. The van der Waals surface area contributed by atoms with E-state index in [1.165, 1.54) is 18.4 Å². The van der Waals surface area contributed by atoms with Gasteiger partial charge >= 0.3 is 0 Å². The van der Waals surface area contributed by atoms with E-state index in [2.05, 4.69) is 41.2 Å². The molecule has 3 heteroatoms. The molecule has 1 N–H and O–H groups in total. The second-order valence-electron chi connectivity index (χ2n) is 4.82. The van der Waals surface area contributed by atoms with Crippen molar-refractivity contribution in [2.45, 2.75) is 39.2 Å². The highest BCUT2D eigenvalue weighted by molar-refractivity contribution is 9.10. The average Bonchev–Trinajstić information content (AvgIpc) is 2.36. The highest BCUT2D eigenvalue weighted by atomic mass is 79.9. The minimum Gasteiger partial charge on any atom is -0.496 e. The van der Waals surface area contributed by atoms with Gasteiger partial charge in [-0.05, 0) is 49.6 Å². The molecule has 1 aromatic carbocycles. The van der Waals surface area contributed by atoms with Crippen molar-refractivity contribution in [3.8, 4) is 5.75 Å². The van der Waals surface area contributed by atoms with E-state index in [-0.39, 0.29) is 0 Å². The molecule has 0 bridgehead atoms. The molecule has 0 heterocycles. The lowest BCUT2D eigenvalue weighted by molar-refractivity contribution is 0.361. The largest absolute Gasteiger partial charge is 0.496 e. The highest BCUT2D eigenvalue weighted by Crippen LogP contribution is 2.26. The van der Waals surface area contributed by atoms with Crippen molar-refractivity contribution >= 4 is 15.9 Å². The van der Waals surface area contributed by atoms with Crippen LogP contribution in [0, 0.1) is 5.92 Å². The van der Waals surface area contributed by atoms with Crippen LogP contribution in [0.4, 0.5) is 0 Å². The molecule has 2 atom stereocenters. The summed E-state index contributed by atoms with van der Waals surface area (Å²) in [6.07, 6.45) is 3.48. The van der Waals surface area contributed by atoms with Gasteiger partial charge in [0, 0.05) is 10.5 Å². The fraction of sp³-hybridized carbons (Fsp3) is 0.600. The molecule has 2 nitrogen and oxygen atoms in total. The molecule has 1 aromatic rings. The first-order valence-corrected chi connectivity index (χ1v) is 7.41. The van der Waals surface area contributed by atoms with Crippen molar-refractivity contribution in [1.29, 1.82) is 0 Å². The first-order valence-electron chi connectivity index (χ1n) is 6.62. The molecule has 0 radical (unpaired) electrons. The summed E-state index contributed by atoms with van der Waals surface area (Å²) in [5.41, 5.74) is 1.26. The Morgan fingerprint density at radius 2 is 2.11 bits per heavy atom. The summed E-state index contributed by atoms with van der Waals surface area (Å²) in [5.74, 6) is 1.64. The number of likely N-dealkylation sites (N-methyl/N-ethyl adjacent to an activating group) is 1. The van der Waals surface area contributed by atoms with Crippen LogP contribution in [0.3, 0.4) is 0 Å². The van der Waals surface area contributed by atoms with Crippen molar-refractivity contribution < 1.29 is 4.74 Å². The van der Waals surface area contributed by atoms with Crippen LogP contribution in [0.1, 0.15) is 32.3 Å². The molecule has 0 aliphatic rings. The second-order valence-corrected chi connectivity index (χ2v) is 5.74. The maximum absolute atomic E-state index is 5.44. The van der Waals surface area contributed by atoms with E-state index >= 15 is 0 Å². The second kappa shape index (κ2) is 7.80. The number of halogens is 1. The van der Waals surface area contributed by atoms with Crippen LogP contribution in [0.5, 0.6) is 5.75 Å². The smallest absolute Gasteiger partial charge is 0.122 e. The first-order chi connectivity index (χ1) is 8.62. The molecule has 0 aromatic heterocycles. The van der Waals surface area contributed by atoms with E-state index in [1.807, 2.05) is 19.2 Å². The Kier molecular flexibility index (Phi) is 6.72. The number of rotatable bonds is 7.